The maximum Gasteiger partial charge on any atom is 0.330 e. The minimum Gasteiger partial charge on any atom is -0.467 e. The molecule has 0 saturated carbocycles. The van der Waals surface area contributed by atoms with E-state index in [0.717, 1.165) is 22.4 Å². The van der Waals surface area contributed by atoms with E-state index in [9.17, 15) is 4.79 Å². The van der Waals surface area contributed by atoms with Crippen molar-refractivity contribution in [2.24, 2.45) is 4.99 Å². The highest BCUT2D eigenvalue weighted by Gasteiger charge is 2.20. The van der Waals surface area contributed by atoms with Crippen LogP contribution in [0.3, 0.4) is 0 Å². The molecule has 0 unspecified atom stereocenters. The number of esters is 1. The van der Waals surface area contributed by atoms with Crippen molar-refractivity contribution in [3.05, 3.63) is 108 Å². The third-order valence-electron chi connectivity index (χ3n) is 4.12. The van der Waals surface area contributed by atoms with Crippen molar-refractivity contribution in [3.8, 4) is 0 Å². The molecule has 0 radical (unpaired) electrons. The normalized spacial score (nSPS) is 11.4. The molecule has 0 spiro atoms. The topological polar surface area (TPSA) is 38.7 Å². The summed E-state index contributed by atoms with van der Waals surface area (Å²) in [5.74, 6) is -0.335. The first-order valence-corrected chi connectivity index (χ1v) is 8.58. The fourth-order valence-corrected chi connectivity index (χ4v) is 2.82. The molecule has 3 heteroatoms. The lowest BCUT2D eigenvalue weighted by atomic mass is 10.0. The number of hydrogen-bond donors (Lipinski definition) is 0. The zero-order chi connectivity index (χ0) is 18.2. The van der Waals surface area contributed by atoms with Gasteiger partial charge in [-0.15, -0.1) is 0 Å². The molecule has 0 N–H and O–H groups in total. The summed E-state index contributed by atoms with van der Waals surface area (Å²) in [4.78, 5) is 17.2. The maximum absolute atomic E-state index is 12.4. The number of nitrogens with zero attached hydrogens (tertiary/aromatic N) is 1. The number of benzene rings is 3. The van der Waals surface area contributed by atoms with Crippen LogP contribution in [0.5, 0.6) is 0 Å². The van der Waals surface area contributed by atoms with Crippen molar-refractivity contribution in [2.75, 3.05) is 7.11 Å². The van der Waals surface area contributed by atoms with Gasteiger partial charge in [0, 0.05) is 17.5 Å². The lowest BCUT2D eigenvalue weighted by molar-refractivity contribution is -0.142. The van der Waals surface area contributed by atoms with E-state index in [1.807, 2.05) is 91.0 Å². The van der Waals surface area contributed by atoms with Gasteiger partial charge in [0.25, 0.3) is 0 Å². The highest BCUT2D eigenvalue weighted by molar-refractivity contribution is 6.13. The first-order valence-electron chi connectivity index (χ1n) is 8.58. The van der Waals surface area contributed by atoms with Crippen LogP contribution in [0.1, 0.15) is 16.7 Å². The van der Waals surface area contributed by atoms with Crippen molar-refractivity contribution in [3.63, 3.8) is 0 Å². The van der Waals surface area contributed by atoms with E-state index < -0.39 is 6.04 Å². The average molecular weight is 343 g/mol. The summed E-state index contributed by atoms with van der Waals surface area (Å²) in [6.07, 6.45) is 0.497. The minimum absolute atomic E-state index is 0.335. The molecular weight excluding hydrogens is 322 g/mol. The largest absolute Gasteiger partial charge is 0.467 e. The Hall–Kier alpha value is -3.20. The van der Waals surface area contributed by atoms with Gasteiger partial charge in [-0.2, -0.15) is 0 Å². The highest BCUT2D eigenvalue weighted by atomic mass is 16.5. The molecule has 1 atom stereocenters. The van der Waals surface area contributed by atoms with Crippen molar-refractivity contribution < 1.29 is 9.53 Å². The SMILES string of the molecule is COC(=O)[C@@H](Cc1ccccc1)N=C(c1ccccc1)c1ccccc1. The zero-order valence-electron chi connectivity index (χ0n) is 14.7. The van der Waals surface area contributed by atoms with Crippen LogP contribution in [-0.2, 0) is 16.0 Å². The Labute approximate surface area is 154 Å². The van der Waals surface area contributed by atoms with E-state index in [1.54, 1.807) is 0 Å². The van der Waals surface area contributed by atoms with Crippen LogP contribution in [0, 0.1) is 0 Å². The lowest BCUT2D eigenvalue weighted by Gasteiger charge is -2.14. The molecule has 0 heterocycles. The van der Waals surface area contributed by atoms with Crippen molar-refractivity contribution in [1.82, 2.24) is 0 Å². The quantitative estimate of drug-likeness (QED) is 0.494. The van der Waals surface area contributed by atoms with E-state index in [2.05, 4.69) is 0 Å². The van der Waals surface area contributed by atoms with E-state index in [1.165, 1.54) is 7.11 Å². The molecule has 0 fully saturated rings. The molecule has 130 valence electrons. The van der Waals surface area contributed by atoms with Gasteiger partial charge in [0.15, 0.2) is 6.04 Å². The summed E-state index contributed by atoms with van der Waals surface area (Å²) in [6, 6.07) is 29.1. The van der Waals surface area contributed by atoms with E-state index in [0.29, 0.717) is 6.42 Å². The van der Waals surface area contributed by atoms with Crippen molar-refractivity contribution >= 4 is 11.7 Å². The molecule has 3 aromatic rings. The van der Waals surface area contributed by atoms with Gasteiger partial charge in [0.05, 0.1) is 12.8 Å². The van der Waals surface area contributed by atoms with Gasteiger partial charge < -0.3 is 4.74 Å². The fourth-order valence-electron chi connectivity index (χ4n) is 2.82. The Morgan fingerprint density at radius 1 is 0.808 bits per heavy atom. The molecule has 0 aromatic heterocycles. The first kappa shape index (κ1) is 17.6. The third-order valence-corrected chi connectivity index (χ3v) is 4.12. The van der Waals surface area contributed by atoms with Gasteiger partial charge in [-0.05, 0) is 5.56 Å². The van der Waals surface area contributed by atoms with Gasteiger partial charge in [-0.1, -0.05) is 91.0 Å². The molecule has 0 bridgehead atoms. The summed E-state index contributed by atoms with van der Waals surface area (Å²) in [7, 11) is 1.40. The van der Waals surface area contributed by atoms with Crippen LogP contribution >= 0.6 is 0 Å². The number of ether oxygens (including phenoxy) is 1. The smallest absolute Gasteiger partial charge is 0.330 e. The van der Waals surface area contributed by atoms with Crippen LogP contribution in [0.25, 0.3) is 0 Å². The summed E-state index contributed by atoms with van der Waals surface area (Å²) >= 11 is 0. The molecule has 3 nitrogen and oxygen atoms in total. The number of carbonyl (C=O) groups is 1. The van der Waals surface area contributed by atoms with Crippen LogP contribution in [0.4, 0.5) is 0 Å². The van der Waals surface area contributed by atoms with Crippen LogP contribution in [-0.4, -0.2) is 24.8 Å². The second-order valence-electron chi connectivity index (χ2n) is 5.94. The molecule has 0 aliphatic carbocycles. The summed E-state index contributed by atoms with van der Waals surface area (Å²) in [5.41, 5.74) is 3.78. The average Bonchev–Trinajstić information content (AvgIpc) is 2.72. The van der Waals surface area contributed by atoms with Crippen LogP contribution in [0.2, 0.25) is 0 Å². The Morgan fingerprint density at radius 3 is 1.73 bits per heavy atom. The van der Waals surface area contributed by atoms with Crippen LogP contribution < -0.4 is 0 Å². The lowest BCUT2D eigenvalue weighted by Crippen LogP contribution is -2.25. The predicted octanol–water partition coefficient (Wildman–Crippen LogP) is 4.31. The second kappa shape index (κ2) is 8.77. The minimum atomic E-state index is -0.599. The Kier molecular flexibility index (Phi) is 5.94. The Balaban J connectivity index is 2.03. The first-order chi connectivity index (χ1) is 12.8. The van der Waals surface area contributed by atoms with Crippen LogP contribution in [0.15, 0.2) is 96.0 Å². The third kappa shape index (κ3) is 4.45. The van der Waals surface area contributed by atoms with E-state index in [4.69, 9.17) is 9.73 Å². The Bertz CT molecular complexity index is 817. The van der Waals surface area contributed by atoms with Gasteiger partial charge in [0.1, 0.15) is 0 Å². The molecule has 26 heavy (non-hydrogen) atoms. The van der Waals surface area contributed by atoms with Gasteiger partial charge in [-0.25, -0.2) is 4.79 Å². The molecule has 0 aliphatic heterocycles. The van der Waals surface area contributed by atoms with Crippen molar-refractivity contribution in [2.45, 2.75) is 12.5 Å². The maximum atomic E-state index is 12.4. The number of hydrogen-bond acceptors (Lipinski definition) is 3. The highest BCUT2D eigenvalue weighted by Crippen LogP contribution is 2.15. The molecular formula is C23H21NO2. The monoisotopic (exact) mass is 343 g/mol. The second-order valence-corrected chi connectivity index (χ2v) is 5.94. The fraction of sp³-hybridized carbons (Fsp3) is 0.130. The summed E-state index contributed by atoms with van der Waals surface area (Å²) in [5, 5.41) is 0. The predicted molar refractivity (Wildman–Crippen MR) is 104 cm³/mol. The van der Waals surface area contributed by atoms with E-state index >= 15 is 0 Å². The Morgan fingerprint density at radius 2 is 1.27 bits per heavy atom. The number of carbonyl (C=O) groups excluding carboxylic acids is 1. The van der Waals surface area contributed by atoms with Gasteiger partial charge >= 0.3 is 5.97 Å². The number of methoxy groups -OCH3 is 1. The van der Waals surface area contributed by atoms with Gasteiger partial charge in [-0.3, -0.25) is 4.99 Å². The molecule has 0 amide bonds. The standard InChI is InChI=1S/C23H21NO2/c1-26-23(25)21(17-18-11-5-2-6-12-18)24-22(19-13-7-3-8-14-19)20-15-9-4-10-16-20/h2-16,21H,17H2,1H3/t21-/m1/s1. The molecule has 3 aromatic carbocycles. The van der Waals surface area contributed by atoms with Crippen molar-refractivity contribution in [1.29, 1.82) is 0 Å². The molecule has 3 rings (SSSR count). The zero-order valence-corrected chi connectivity index (χ0v) is 14.7. The molecule has 0 aliphatic rings. The summed E-state index contributed by atoms with van der Waals surface area (Å²) in [6.45, 7) is 0. The summed E-state index contributed by atoms with van der Waals surface area (Å²) < 4.78 is 5.01. The number of aliphatic imine (C=N–C) groups is 1. The van der Waals surface area contributed by atoms with E-state index in [-0.39, 0.29) is 5.97 Å². The van der Waals surface area contributed by atoms with Gasteiger partial charge in [0.2, 0.25) is 0 Å². The molecule has 0 saturated heterocycles. The number of rotatable bonds is 6.